The molecule has 3 rings (SSSR count). The largest absolute Gasteiger partial charge is 0.495 e. The maximum Gasteiger partial charge on any atom is 0.407 e. The van der Waals surface area contributed by atoms with Gasteiger partial charge in [-0.3, -0.25) is 4.68 Å². The van der Waals surface area contributed by atoms with Gasteiger partial charge < -0.3 is 25.3 Å². The molecule has 1 aromatic heterocycles. The van der Waals surface area contributed by atoms with Crippen molar-refractivity contribution in [2.75, 3.05) is 26.5 Å². The van der Waals surface area contributed by atoms with Crippen molar-refractivity contribution in [3.05, 3.63) is 29.0 Å². The highest BCUT2D eigenvalue weighted by atomic mass is 16.6. The number of methoxy groups -OCH3 is 2. The van der Waals surface area contributed by atoms with Crippen LogP contribution in [0.1, 0.15) is 48.8 Å². The molecule has 0 radical (unpaired) electrons. The number of ether oxygens (including phenoxy) is 3. The summed E-state index contributed by atoms with van der Waals surface area (Å²) in [6, 6.07) is 3.77. The van der Waals surface area contributed by atoms with Crippen molar-refractivity contribution in [1.82, 2.24) is 15.1 Å². The number of hydrogen-bond donors (Lipinski definition) is 2. The highest BCUT2D eigenvalue weighted by Crippen LogP contribution is 2.39. The molecule has 31 heavy (non-hydrogen) atoms. The van der Waals surface area contributed by atoms with Crippen LogP contribution in [0.2, 0.25) is 0 Å². The second-order valence-corrected chi connectivity index (χ2v) is 8.42. The maximum atomic E-state index is 12.5. The molecule has 0 saturated carbocycles. The number of rotatable bonds is 6. The van der Waals surface area contributed by atoms with Crippen molar-refractivity contribution in [3.63, 3.8) is 0 Å². The number of amides is 1. The van der Waals surface area contributed by atoms with Gasteiger partial charge in [-0.05, 0) is 57.7 Å². The Balaban J connectivity index is 1.82. The van der Waals surface area contributed by atoms with E-state index in [-0.39, 0.29) is 0 Å². The Morgan fingerprint density at radius 3 is 2.61 bits per heavy atom. The number of fused-ring (bicyclic) bond motifs is 3. The lowest BCUT2D eigenvalue weighted by atomic mass is 9.88. The first-order chi connectivity index (χ1) is 14.6. The number of esters is 1. The Labute approximate surface area is 181 Å². The standard InChI is InChI=1S/C22H30N4O5/c1-22(2,3)31-21(28)24-9-6-10-26-19(20(27)30-5)14-8-7-13-11-17(29-4)16(23)12-15(13)18(14)25-26/h11-12H,6-10,23H2,1-5H3,(H,24,28). The van der Waals surface area contributed by atoms with Crippen LogP contribution in [0.3, 0.4) is 0 Å². The second-order valence-electron chi connectivity index (χ2n) is 8.42. The smallest absolute Gasteiger partial charge is 0.407 e. The summed E-state index contributed by atoms with van der Waals surface area (Å²) in [7, 11) is 2.94. The fourth-order valence-corrected chi connectivity index (χ4v) is 3.68. The van der Waals surface area contributed by atoms with Crippen LogP contribution < -0.4 is 15.8 Å². The number of anilines is 1. The van der Waals surface area contributed by atoms with Crippen LogP contribution in [0.5, 0.6) is 5.75 Å². The lowest BCUT2D eigenvalue weighted by molar-refractivity contribution is 0.0522. The van der Waals surface area contributed by atoms with Gasteiger partial charge in [0.2, 0.25) is 0 Å². The summed E-state index contributed by atoms with van der Waals surface area (Å²) in [6.07, 6.45) is 1.51. The molecular formula is C22H30N4O5. The monoisotopic (exact) mass is 430 g/mol. The Morgan fingerprint density at radius 1 is 1.23 bits per heavy atom. The van der Waals surface area contributed by atoms with Gasteiger partial charge in [0.05, 0.1) is 25.6 Å². The zero-order chi connectivity index (χ0) is 22.8. The zero-order valence-electron chi connectivity index (χ0n) is 18.7. The van der Waals surface area contributed by atoms with Gasteiger partial charge in [0.15, 0.2) is 0 Å². The molecule has 0 unspecified atom stereocenters. The summed E-state index contributed by atoms with van der Waals surface area (Å²) in [5.41, 5.74) is 10.1. The van der Waals surface area contributed by atoms with Crippen molar-refractivity contribution < 1.29 is 23.8 Å². The van der Waals surface area contributed by atoms with E-state index >= 15 is 0 Å². The number of carbonyl (C=O) groups is 2. The molecule has 0 spiro atoms. The molecule has 1 aromatic carbocycles. The van der Waals surface area contributed by atoms with Crippen molar-refractivity contribution in [2.45, 2.75) is 52.2 Å². The lowest BCUT2D eigenvalue weighted by Gasteiger charge is -2.19. The first kappa shape index (κ1) is 22.5. The Bertz CT molecular complexity index is 991. The quantitative estimate of drug-likeness (QED) is 0.411. The van der Waals surface area contributed by atoms with Crippen molar-refractivity contribution in [2.24, 2.45) is 0 Å². The number of carbonyl (C=O) groups excluding carboxylic acids is 2. The third kappa shape index (κ3) is 4.92. The van der Waals surface area contributed by atoms with E-state index in [0.29, 0.717) is 43.1 Å². The third-order valence-corrected chi connectivity index (χ3v) is 5.00. The molecule has 1 aliphatic carbocycles. The van der Waals surface area contributed by atoms with Crippen LogP contribution in [-0.2, 0) is 28.9 Å². The summed E-state index contributed by atoms with van der Waals surface area (Å²) < 4.78 is 17.2. The van der Waals surface area contributed by atoms with Gasteiger partial charge in [0, 0.05) is 24.2 Å². The molecule has 0 aliphatic heterocycles. The number of nitrogens with zero attached hydrogens (tertiary/aromatic N) is 2. The van der Waals surface area contributed by atoms with Crippen LogP contribution in [0.25, 0.3) is 11.3 Å². The molecule has 9 nitrogen and oxygen atoms in total. The van der Waals surface area contributed by atoms with E-state index in [1.807, 2.05) is 32.9 Å². The Hall–Kier alpha value is -3.23. The summed E-state index contributed by atoms with van der Waals surface area (Å²) >= 11 is 0. The molecule has 0 fully saturated rings. The number of nitrogens with one attached hydrogen (secondary N) is 1. The zero-order valence-corrected chi connectivity index (χ0v) is 18.7. The third-order valence-electron chi connectivity index (χ3n) is 5.00. The van der Waals surface area contributed by atoms with Gasteiger partial charge in [-0.25, -0.2) is 9.59 Å². The predicted octanol–water partition coefficient (Wildman–Crippen LogP) is 2.94. The molecule has 1 aliphatic rings. The number of alkyl carbamates (subject to hydrolysis) is 1. The topological polar surface area (TPSA) is 118 Å². The van der Waals surface area contributed by atoms with E-state index in [2.05, 4.69) is 5.32 Å². The fourth-order valence-electron chi connectivity index (χ4n) is 3.68. The van der Waals surface area contributed by atoms with Crippen molar-refractivity contribution in [1.29, 1.82) is 0 Å². The van der Waals surface area contributed by atoms with Gasteiger partial charge in [0.1, 0.15) is 17.0 Å². The summed E-state index contributed by atoms with van der Waals surface area (Å²) in [5, 5.41) is 7.43. The minimum absolute atomic E-state index is 0.390. The molecule has 9 heteroatoms. The average Bonchev–Trinajstić information content (AvgIpc) is 3.07. The van der Waals surface area contributed by atoms with Crippen LogP contribution in [-0.4, -0.2) is 48.2 Å². The number of aromatic nitrogens is 2. The van der Waals surface area contributed by atoms with E-state index in [4.69, 9.17) is 25.0 Å². The number of hydrogen-bond acceptors (Lipinski definition) is 7. The van der Waals surface area contributed by atoms with E-state index < -0.39 is 17.7 Å². The van der Waals surface area contributed by atoms with E-state index in [1.165, 1.54) is 7.11 Å². The summed E-state index contributed by atoms with van der Waals surface area (Å²) in [4.78, 5) is 24.3. The Kier molecular flexibility index (Phi) is 6.42. The SMILES string of the molecule is COC(=O)c1c2c(nn1CCCNC(=O)OC(C)(C)C)-c1cc(N)c(OC)cc1CC2. The fraction of sp³-hybridized carbons (Fsp3) is 0.500. The average molecular weight is 431 g/mol. The van der Waals surface area contributed by atoms with Gasteiger partial charge in [-0.1, -0.05) is 0 Å². The maximum absolute atomic E-state index is 12.5. The van der Waals surface area contributed by atoms with Gasteiger partial charge in [0.25, 0.3) is 0 Å². The van der Waals surface area contributed by atoms with Crippen LogP contribution >= 0.6 is 0 Å². The van der Waals surface area contributed by atoms with Gasteiger partial charge >= 0.3 is 12.1 Å². The van der Waals surface area contributed by atoms with Crippen molar-refractivity contribution >= 4 is 17.7 Å². The molecule has 3 N–H and O–H groups in total. The Morgan fingerprint density at radius 2 is 1.97 bits per heavy atom. The molecule has 1 heterocycles. The van der Waals surface area contributed by atoms with E-state index in [1.54, 1.807) is 11.8 Å². The summed E-state index contributed by atoms with van der Waals surface area (Å²) in [6.45, 7) is 6.26. The van der Waals surface area contributed by atoms with Crippen LogP contribution in [0.4, 0.5) is 10.5 Å². The summed E-state index contributed by atoms with van der Waals surface area (Å²) in [5.74, 6) is 0.196. The number of benzene rings is 1. The predicted molar refractivity (Wildman–Crippen MR) is 116 cm³/mol. The first-order valence-corrected chi connectivity index (χ1v) is 10.3. The molecule has 0 bridgehead atoms. The minimum atomic E-state index is -0.554. The van der Waals surface area contributed by atoms with Gasteiger partial charge in [-0.2, -0.15) is 5.10 Å². The van der Waals surface area contributed by atoms with E-state index in [9.17, 15) is 9.59 Å². The molecular weight excluding hydrogens is 400 g/mol. The molecule has 168 valence electrons. The normalized spacial score (nSPS) is 12.5. The minimum Gasteiger partial charge on any atom is -0.495 e. The molecule has 0 atom stereocenters. The molecule has 0 saturated heterocycles. The number of nitrogens with two attached hydrogens (primary N) is 1. The van der Waals surface area contributed by atoms with E-state index in [0.717, 1.165) is 28.8 Å². The first-order valence-electron chi connectivity index (χ1n) is 10.3. The number of nitrogen functional groups attached to an aromatic ring is 1. The number of aryl methyl sites for hydroxylation is 2. The second kappa shape index (κ2) is 8.87. The lowest BCUT2D eigenvalue weighted by Crippen LogP contribution is -2.33. The van der Waals surface area contributed by atoms with Gasteiger partial charge in [-0.15, -0.1) is 0 Å². The van der Waals surface area contributed by atoms with Crippen LogP contribution in [0, 0.1) is 0 Å². The highest BCUT2D eigenvalue weighted by Gasteiger charge is 2.29. The molecule has 2 aromatic rings. The van der Waals surface area contributed by atoms with Crippen molar-refractivity contribution in [3.8, 4) is 17.0 Å². The molecule has 1 amide bonds. The highest BCUT2D eigenvalue weighted by molar-refractivity contribution is 5.92. The van der Waals surface area contributed by atoms with Crippen LogP contribution in [0.15, 0.2) is 12.1 Å².